The smallest absolute Gasteiger partial charge is 0.123 e. The average molecular weight is 259 g/mol. The molecule has 1 aliphatic heterocycles. The molecule has 2 heteroatoms. The molecule has 1 saturated carbocycles. The number of nitrogens with one attached hydrogen (secondary N) is 1. The molecule has 2 unspecified atom stereocenters. The molecule has 1 fully saturated rings. The lowest BCUT2D eigenvalue weighted by atomic mass is 9.99. The Balaban J connectivity index is 1.42. The maximum atomic E-state index is 6.03. The van der Waals surface area contributed by atoms with E-state index in [-0.39, 0.29) is 0 Å². The van der Waals surface area contributed by atoms with Gasteiger partial charge < -0.3 is 10.1 Å². The molecule has 0 aromatic heterocycles. The van der Waals surface area contributed by atoms with E-state index in [0.29, 0.717) is 6.10 Å². The van der Waals surface area contributed by atoms with Gasteiger partial charge in [-0.05, 0) is 56.7 Å². The van der Waals surface area contributed by atoms with E-state index in [9.17, 15) is 0 Å². The molecule has 19 heavy (non-hydrogen) atoms. The second-order valence-corrected chi connectivity index (χ2v) is 6.42. The number of hydrogen-bond acceptors (Lipinski definition) is 2. The largest absolute Gasteiger partial charge is 0.490 e. The first kappa shape index (κ1) is 13.0. The Morgan fingerprint density at radius 1 is 1.37 bits per heavy atom. The van der Waals surface area contributed by atoms with Gasteiger partial charge in [-0.2, -0.15) is 0 Å². The van der Waals surface area contributed by atoms with Crippen LogP contribution in [0.15, 0.2) is 18.2 Å². The third-order valence-corrected chi connectivity index (χ3v) is 4.27. The summed E-state index contributed by atoms with van der Waals surface area (Å²) in [6.07, 6.45) is 6.71. The number of hydrogen-bond donors (Lipinski definition) is 1. The zero-order valence-corrected chi connectivity index (χ0v) is 12.1. The van der Waals surface area contributed by atoms with Gasteiger partial charge in [0.25, 0.3) is 0 Å². The fourth-order valence-electron chi connectivity index (χ4n) is 2.84. The predicted octanol–water partition coefficient (Wildman–Crippen LogP) is 3.47. The zero-order valence-electron chi connectivity index (χ0n) is 12.1. The fraction of sp³-hybridized carbons (Fsp3) is 0.647. The van der Waals surface area contributed by atoms with E-state index in [1.165, 1.54) is 43.4 Å². The summed E-state index contributed by atoms with van der Waals surface area (Å²) >= 11 is 0. The topological polar surface area (TPSA) is 21.3 Å². The summed E-state index contributed by atoms with van der Waals surface area (Å²) in [5.41, 5.74) is 2.73. The highest BCUT2D eigenvalue weighted by atomic mass is 16.5. The summed E-state index contributed by atoms with van der Waals surface area (Å²) in [6, 6.07) is 7.37. The summed E-state index contributed by atoms with van der Waals surface area (Å²) in [7, 11) is 0. The molecule has 0 spiro atoms. The van der Waals surface area contributed by atoms with Crippen molar-refractivity contribution in [3.63, 3.8) is 0 Å². The van der Waals surface area contributed by atoms with E-state index in [4.69, 9.17) is 4.74 Å². The van der Waals surface area contributed by atoms with Gasteiger partial charge in [0, 0.05) is 12.5 Å². The summed E-state index contributed by atoms with van der Waals surface area (Å²) in [5.74, 6) is 1.87. The number of ether oxygens (including phenoxy) is 1. The van der Waals surface area contributed by atoms with Crippen LogP contribution in [0.25, 0.3) is 0 Å². The predicted molar refractivity (Wildman–Crippen MR) is 78.7 cm³/mol. The van der Waals surface area contributed by atoms with E-state index in [1.54, 1.807) is 0 Å². The molecule has 1 heterocycles. The molecule has 1 aromatic rings. The summed E-state index contributed by atoms with van der Waals surface area (Å²) in [5, 5.41) is 3.62. The first-order valence-corrected chi connectivity index (χ1v) is 7.70. The van der Waals surface area contributed by atoms with E-state index >= 15 is 0 Å². The van der Waals surface area contributed by atoms with Crippen LogP contribution >= 0.6 is 0 Å². The lowest BCUT2D eigenvalue weighted by Crippen LogP contribution is -2.24. The van der Waals surface area contributed by atoms with Crippen LogP contribution in [0.5, 0.6) is 5.75 Å². The van der Waals surface area contributed by atoms with E-state index < -0.39 is 0 Å². The Morgan fingerprint density at radius 2 is 2.21 bits per heavy atom. The van der Waals surface area contributed by atoms with Crippen LogP contribution in [0.4, 0.5) is 0 Å². The molecular formula is C17H25NO. The van der Waals surface area contributed by atoms with Crippen molar-refractivity contribution in [1.82, 2.24) is 5.32 Å². The number of rotatable bonds is 6. The molecule has 0 saturated heterocycles. The van der Waals surface area contributed by atoms with E-state index in [1.807, 2.05) is 0 Å². The van der Waals surface area contributed by atoms with Crippen molar-refractivity contribution < 1.29 is 4.74 Å². The minimum absolute atomic E-state index is 0.403. The Bertz CT molecular complexity index is 439. The van der Waals surface area contributed by atoms with Crippen LogP contribution in [-0.2, 0) is 6.42 Å². The first-order valence-electron chi connectivity index (χ1n) is 7.70. The standard InChI is InChI=1S/C17H25NO/c1-12-4-8-17-14(9-12)10-16(19-17)7-3-13(2)11-18-15-5-6-15/h4,8-9,13,15-16,18H,3,5-7,10-11H2,1-2H3. The maximum absolute atomic E-state index is 6.03. The highest BCUT2D eigenvalue weighted by molar-refractivity contribution is 5.40. The minimum Gasteiger partial charge on any atom is -0.490 e. The van der Waals surface area contributed by atoms with Crippen LogP contribution in [0, 0.1) is 12.8 Å². The van der Waals surface area contributed by atoms with Crippen LogP contribution in [0.1, 0.15) is 43.7 Å². The number of fused-ring (bicyclic) bond motifs is 1. The summed E-state index contributed by atoms with van der Waals surface area (Å²) < 4.78 is 6.03. The van der Waals surface area contributed by atoms with Gasteiger partial charge in [0.2, 0.25) is 0 Å². The molecule has 104 valence electrons. The number of aryl methyl sites for hydroxylation is 1. The van der Waals surface area contributed by atoms with E-state index in [0.717, 1.165) is 24.1 Å². The normalized spacial score (nSPS) is 22.9. The van der Waals surface area contributed by atoms with Gasteiger partial charge in [-0.1, -0.05) is 24.6 Å². The van der Waals surface area contributed by atoms with Gasteiger partial charge in [0.1, 0.15) is 11.9 Å². The second kappa shape index (κ2) is 5.54. The third-order valence-electron chi connectivity index (χ3n) is 4.27. The maximum Gasteiger partial charge on any atom is 0.123 e. The SMILES string of the molecule is Cc1ccc2c(c1)CC(CCC(C)CNC1CC1)O2. The molecule has 0 bridgehead atoms. The van der Waals surface area contributed by atoms with Crippen molar-refractivity contribution >= 4 is 0 Å². The Labute approximate surface area is 116 Å². The molecule has 1 aliphatic carbocycles. The van der Waals surface area contributed by atoms with Crippen molar-refractivity contribution in [2.75, 3.05) is 6.54 Å². The first-order chi connectivity index (χ1) is 9.20. The van der Waals surface area contributed by atoms with Crippen LogP contribution < -0.4 is 10.1 Å². The fourth-order valence-corrected chi connectivity index (χ4v) is 2.84. The van der Waals surface area contributed by atoms with Crippen molar-refractivity contribution in [2.45, 2.75) is 58.1 Å². The molecule has 1 N–H and O–H groups in total. The van der Waals surface area contributed by atoms with Gasteiger partial charge in [0.05, 0.1) is 0 Å². The molecule has 0 radical (unpaired) electrons. The average Bonchev–Trinajstić information content (AvgIpc) is 3.13. The quantitative estimate of drug-likeness (QED) is 0.844. The second-order valence-electron chi connectivity index (χ2n) is 6.42. The summed E-state index contributed by atoms with van der Waals surface area (Å²) in [6.45, 7) is 5.67. The van der Waals surface area contributed by atoms with Crippen LogP contribution in [0.3, 0.4) is 0 Å². The molecule has 1 aromatic carbocycles. The van der Waals surface area contributed by atoms with E-state index in [2.05, 4.69) is 37.4 Å². The van der Waals surface area contributed by atoms with Gasteiger partial charge >= 0.3 is 0 Å². The number of benzene rings is 1. The molecule has 0 amide bonds. The van der Waals surface area contributed by atoms with Crippen molar-refractivity contribution in [2.24, 2.45) is 5.92 Å². The monoisotopic (exact) mass is 259 g/mol. The highest BCUT2D eigenvalue weighted by Crippen LogP contribution is 2.31. The lowest BCUT2D eigenvalue weighted by molar-refractivity contribution is 0.209. The van der Waals surface area contributed by atoms with Gasteiger partial charge in [-0.15, -0.1) is 0 Å². The summed E-state index contributed by atoms with van der Waals surface area (Å²) in [4.78, 5) is 0. The Morgan fingerprint density at radius 3 is 3.00 bits per heavy atom. The van der Waals surface area contributed by atoms with Gasteiger partial charge in [-0.3, -0.25) is 0 Å². The van der Waals surface area contributed by atoms with Crippen LogP contribution in [0.2, 0.25) is 0 Å². The Hall–Kier alpha value is -1.02. The van der Waals surface area contributed by atoms with Crippen LogP contribution in [-0.4, -0.2) is 18.7 Å². The highest BCUT2D eigenvalue weighted by Gasteiger charge is 2.24. The molecular weight excluding hydrogens is 234 g/mol. The van der Waals surface area contributed by atoms with Crippen molar-refractivity contribution in [3.05, 3.63) is 29.3 Å². The molecule has 3 rings (SSSR count). The zero-order chi connectivity index (χ0) is 13.2. The molecule has 2 aliphatic rings. The third kappa shape index (κ3) is 3.50. The lowest BCUT2D eigenvalue weighted by Gasteiger charge is -2.15. The van der Waals surface area contributed by atoms with Gasteiger partial charge in [0.15, 0.2) is 0 Å². The van der Waals surface area contributed by atoms with Crippen molar-refractivity contribution in [3.8, 4) is 5.75 Å². The van der Waals surface area contributed by atoms with Crippen molar-refractivity contribution in [1.29, 1.82) is 0 Å². The molecule has 2 nitrogen and oxygen atoms in total. The minimum atomic E-state index is 0.403. The Kier molecular flexibility index (Phi) is 3.79. The molecule has 2 atom stereocenters. The van der Waals surface area contributed by atoms with Gasteiger partial charge in [-0.25, -0.2) is 0 Å².